The van der Waals surface area contributed by atoms with Gasteiger partial charge in [-0.3, -0.25) is 0 Å². The monoisotopic (exact) mass is 300 g/mol. The molecule has 0 aliphatic heterocycles. The molecule has 0 aromatic rings. The molecule has 0 nitrogen and oxygen atoms in total. The standard InChI is InChI=1S/C9H21AsS3/c1-4-7-11-10(12-8-5-2)13-9-6-3/h4-9H2,1-3H3. The molecule has 0 aliphatic rings. The maximum absolute atomic E-state index is 2.29. The molecule has 0 amide bonds. The Bertz CT molecular complexity index is 81.8. The van der Waals surface area contributed by atoms with E-state index in [9.17, 15) is 0 Å². The second-order valence-corrected chi connectivity index (χ2v) is 19.8. The fourth-order valence-electron chi connectivity index (χ4n) is 0.609. The predicted molar refractivity (Wildman–Crippen MR) is 74.0 cm³/mol. The van der Waals surface area contributed by atoms with Gasteiger partial charge in [-0.05, 0) is 0 Å². The van der Waals surface area contributed by atoms with Gasteiger partial charge in [-0.1, -0.05) is 0 Å². The fraction of sp³-hybridized carbons (Fsp3) is 1.00. The summed E-state index contributed by atoms with van der Waals surface area (Å²) in [5.41, 5.74) is 0. The molecule has 0 radical (unpaired) electrons. The van der Waals surface area contributed by atoms with Gasteiger partial charge in [-0.25, -0.2) is 0 Å². The zero-order valence-corrected chi connectivity index (χ0v) is 13.2. The van der Waals surface area contributed by atoms with Crippen molar-refractivity contribution in [2.75, 3.05) is 17.3 Å². The van der Waals surface area contributed by atoms with E-state index in [2.05, 4.69) is 50.8 Å². The molecule has 4 heteroatoms. The topological polar surface area (TPSA) is 0 Å². The molecule has 0 N–H and O–H groups in total. The van der Waals surface area contributed by atoms with E-state index in [1.54, 1.807) is 0 Å². The molecule has 0 aromatic heterocycles. The van der Waals surface area contributed by atoms with E-state index in [-0.39, 0.29) is 0 Å². The van der Waals surface area contributed by atoms with Crippen molar-refractivity contribution in [2.45, 2.75) is 40.0 Å². The van der Waals surface area contributed by atoms with Crippen molar-refractivity contribution in [2.24, 2.45) is 0 Å². The zero-order valence-electron chi connectivity index (χ0n) is 8.91. The van der Waals surface area contributed by atoms with Crippen LogP contribution in [0.15, 0.2) is 0 Å². The summed E-state index contributed by atoms with van der Waals surface area (Å²) < 4.78 is 0. The Hall–Kier alpha value is 1.61. The Morgan fingerprint density at radius 2 is 1.00 bits per heavy atom. The van der Waals surface area contributed by atoms with E-state index in [4.69, 9.17) is 0 Å². The average molecular weight is 300 g/mol. The van der Waals surface area contributed by atoms with Gasteiger partial charge in [0, 0.05) is 0 Å². The Morgan fingerprint density at radius 1 is 0.692 bits per heavy atom. The zero-order chi connectivity index (χ0) is 9.94. The number of rotatable bonds is 9. The first-order valence-corrected chi connectivity index (χ1v) is 14.8. The summed E-state index contributed by atoms with van der Waals surface area (Å²) in [6.45, 7) is 6.86. The van der Waals surface area contributed by atoms with Crippen LogP contribution < -0.4 is 0 Å². The molecule has 0 unspecified atom stereocenters. The van der Waals surface area contributed by atoms with Gasteiger partial charge in [0.1, 0.15) is 0 Å². The van der Waals surface area contributed by atoms with Gasteiger partial charge in [0.15, 0.2) is 0 Å². The van der Waals surface area contributed by atoms with Gasteiger partial charge < -0.3 is 0 Å². The van der Waals surface area contributed by atoms with Crippen molar-refractivity contribution < 1.29 is 0 Å². The van der Waals surface area contributed by atoms with Crippen LogP contribution in [-0.2, 0) is 0 Å². The third kappa shape index (κ3) is 9.90. The molecule has 0 rings (SSSR count). The molecule has 0 saturated heterocycles. The minimum absolute atomic E-state index is 0.603. The van der Waals surface area contributed by atoms with E-state index in [1.807, 2.05) is 0 Å². The SMILES string of the molecule is CCCS[As](SCCC)SCCC. The van der Waals surface area contributed by atoms with Crippen molar-refractivity contribution in [3.05, 3.63) is 0 Å². The van der Waals surface area contributed by atoms with Crippen LogP contribution in [0.3, 0.4) is 0 Å². The summed E-state index contributed by atoms with van der Waals surface area (Å²) in [7, 11) is 6.82. The van der Waals surface area contributed by atoms with Gasteiger partial charge >= 0.3 is 98.5 Å². The molecule has 0 saturated carbocycles. The second-order valence-electron chi connectivity index (χ2n) is 2.72. The predicted octanol–water partition coefficient (Wildman–Crippen LogP) is 4.40. The molecule has 0 aliphatic carbocycles. The van der Waals surface area contributed by atoms with Crippen LogP contribution in [0.25, 0.3) is 0 Å². The summed E-state index contributed by atoms with van der Waals surface area (Å²) in [5.74, 6) is 4.15. The van der Waals surface area contributed by atoms with Crippen LogP contribution in [0.5, 0.6) is 0 Å². The Labute approximate surface area is 98.0 Å². The van der Waals surface area contributed by atoms with Crippen LogP contribution in [0.4, 0.5) is 0 Å². The van der Waals surface area contributed by atoms with Crippen molar-refractivity contribution in [3.8, 4) is 0 Å². The third-order valence-corrected chi connectivity index (χ3v) is 20.9. The minimum atomic E-state index is -0.603. The van der Waals surface area contributed by atoms with E-state index >= 15 is 0 Å². The van der Waals surface area contributed by atoms with Crippen LogP contribution >= 0.6 is 30.1 Å². The van der Waals surface area contributed by atoms with E-state index < -0.39 is 11.2 Å². The van der Waals surface area contributed by atoms with Gasteiger partial charge in [-0.2, -0.15) is 0 Å². The van der Waals surface area contributed by atoms with Crippen LogP contribution in [-0.4, -0.2) is 28.4 Å². The summed E-state index contributed by atoms with van der Waals surface area (Å²) in [5, 5.41) is 0. The first-order chi connectivity index (χ1) is 6.35. The second kappa shape index (κ2) is 11.7. The number of hydrogen-bond donors (Lipinski definition) is 0. The van der Waals surface area contributed by atoms with Gasteiger partial charge in [0.2, 0.25) is 0 Å². The quantitative estimate of drug-likeness (QED) is 0.579. The normalized spacial score (nSPS) is 11.1. The molecule has 0 bridgehead atoms. The molecule has 0 spiro atoms. The molecule has 0 atom stereocenters. The first kappa shape index (κ1) is 14.6. The van der Waals surface area contributed by atoms with Crippen LogP contribution in [0, 0.1) is 0 Å². The van der Waals surface area contributed by atoms with E-state index in [0.29, 0.717) is 0 Å². The first-order valence-electron chi connectivity index (χ1n) is 5.04. The summed E-state index contributed by atoms with van der Waals surface area (Å²) in [4.78, 5) is 0. The molecular weight excluding hydrogens is 279 g/mol. The summed E-state index contributed by atoms with van der Waals surface area (Å²) >= 11 is -0.603. The maximum atomic E-state index is 2.29. The van der Waals surface area contributed by atoms with E-state index in [0.717, 1.165) is 0 Å². The molecule has 0 heterocycles. The average Bonchev–Trinajstić information content (AvgIpc) is 2.17. The van der Waals surface area contributed by atoms with Crippen molar-refractivity contribution in [1.82, 2.24) is 0 Å². The number of hydrogen-bond acceptors (Lipinski definition) is 3. The van der Waals surface area contributed by atoms with Crippen molar-refractivity contribution >= 4 is 41.3 Å². The summed E-state index contributed by atoms with van der Waals surface area (Å²) in [6, 6.07) is 0. The van der Waals surface area contributed by atoms with Crippen LogP contribution in [0.2, 0.25) is 0 Å². The molecule has 0 fully saturated rings. The molecule has 80 valence electrons. The Balaban J connectivity index is 3.47. The Morgan fingerprint density at radius 3 is 1.23 bits per heavy atom. The molecule has 13 heavy (non-hydrogen) atoms. The van der Waals surface area contributed by atoms with Gasteiger partial charge in [-0.15, -0.1) is 0 Å². The van der Waals surface area contributed by atoms with Crippen molar-refractivity contribution in [1.29, 1.82) is 0 Å². The third-order valence-electron chi connectivity index (χ3n) is 1.20. The molecule has 0 aromatic carbocycles. The van der Waals surface area contributed by atoms with E-state index in [1.165, 1.54) is 36.5 Å². The summed E-state index contributed by atoms with van der Waals surface area (Å²) in [6.07, 6.45) is 4.03. The van der Waals surface area contributed by atoms with Gasteiger partial charge in [0.25, 0.3) is 0 Å². The molecular formula is C9H21AsS3. The van der Waals surface area contributed by atoms with Crippen molar-refractivity contribution in [3.63, 3.8) is 0 Å². The fourth-order valence-corrected chi connectivity index (χ4v) is 20.0. The Kier molecular flexibility index (Phi) is 13.1. The van der Waals surface area contributed by atoms with Crippen LogP contribution in [0.1, 0.15) is 40.0 Å². The van der Waals surface area contributed by atoms with Gasteiger partial charge in [0.05, 0.1) is 0 Å².